The van der Waals surface area contributed by atoms with Crippen LogP contribution in [0.2, 0.25) is 0 Å². The summed E-state index contributed by atoms with van der Waals surface area (Å²) < 4.78 is 0. The van der Waals surface area contributed by atoms with Crippen molar-refractivity contribution in [3.05, 3.63) is 0 Å². The van der Waals surface area contributed by atoms with Gasteiger partial charge in [0.05, 0.1) is 0 Å². The average molecular weight is 211 g/mol. The van der Waals surface area contributed by atoms with Gasteiger partial charge in [-0.2, -0.15) is 0 Å². The van der Waals surface area contributed by atoms with Gasteiger partial charge < -0.3 is 5.32 Å². The molecule has 0 spiro atoms. The molecular weight excluding hydrogens is 182 g/mol. The van der Waals surface area contributed by atoms with Crippen LogP contribution in [0.4, 0.5) is 0 Å². The number of hydrogen-bond donors (Lipinski definition) is 1. The molecule has 0 aromatic heterocycles. The van der Waals surface area contributed by atoms with Gasteiger partial charge in [-0.25, -0.2) is 0 Å². The van der Waals surface area contributed by atoms with Gasteiger partial charge >= 0.3 is 0 Å². The van der Waals surface area contributed by atoms with Gasteiger partial charge in [0.2, 0.25) is 0 Å². The first-order chi connectivity index (χ1) is 6.95. The minimum absolute atomic E-state index is 0.522. The molecule has 1 nitrogen and oxygen atoms in total. The van der Waals surface area contributed by atoms with Gasteiger partial charge in [0, 0.05) is 6.54 Å². The Kier molecular flexibility index (Phi) is 4.64. The maximum atomic E-state index is 3.38. The SMILES string of the molecule is CNCC1(C)CC(C)CC(C)CC(C)C1. The second-order valence-electron chi connectivity index (χ2n) is 6.54. The molecular formula is C14H29N. The first kappa shape index (κ1) is 13.0. The van der Waals surface area contributed by atoms with Crippen LogP contribution in [0.1, 0.15) is 53.4 Å². The van der Waals surface area contributed by atoms with Crippen molar-refractivity contribution in [2.45, 2.75) is 53.4 Å². The molecule has 0 radical (unpaired) electrons. The van der Waals surface area contributed by atoms with Gasteiger partial charge in [0.15, 0.2) is 0 Å². The van der Waals surface area contributed by atoms with Gasteiger partial charge in [-0.05, 0) is 55.9 Å². The van der Waals surface area contributed by atoms with Crippen molar-refractivity contribution in [3.8, 4) is 0 Å². The fourth-order valence-electron chi connectivity index (χ4n) is 3.97. The Morgan fingerprint density at radius 2 is 1.47 bits per heavy atom. The Hall–Kier alpha value is -0.0400. The standard InChI is InChI=1S/C14H29N/c1-11-6-12(2)8-14(4,10-15-5)9-13(3)7-11/h11-13,15H,6-10H2,1-5H3. The first-order valence-corrected chi connectivity index (χ1v) is 6.60. The molecule has 0 aliphatic heterocycles. The zero-order chi connectivity index (χ0) is 11.5. The van der Waals surface area contributed by atoms with E-state index in [0.717, 1.165) is 17.8 Å². The maximum absolute atomic E-state index is 3.38. The third kappa shape index (κ3) is 4.14. The Morgan fingerprint density at radius 1 is 1.00 bits per heavy atom. The maximum Gasteiger partial charge on any atom is 0.000236 e. The normalized spacial score (nSPS) is 43.4. The van der Waals surface area contributed by atoms with E-state index in [0.29, 0.717) is 5.41 Å². The molecule has 0 heterocycles. The molecule has 1 heteroatoms. The molecule has 1 aliphatic carbocycles. The first-order valence-electron chi connectivity index (χ1n) is 6.60. The number of nitrogens with one attached hydrogen (secondary N) is 1. The van der Waals surface area contributed by atoms with Crippen molar-refractivity contribution in [1.82, 2.24) is 5.32 Å². The molecule has 0 bridgehead atoms. The second kappa shape index (κ2) is 5.34. The van der Waals surface area contributed by atoms with Crippen LogP contribution in [-0.2, 0) is 0 Å². The van der Waals surface area contributed by atoms with E-state index in [1.807, 2.05) is 0 Å². The van der Waals surface area contributed by atoms with Crippen LogP contribution in [0.3, 0.4) is 0 Å². The smallest absolute Gasteiger partial charge is 0.000236 e. The highest BCUT2D eigenvalue weighted by molar-refractivity contribution is 4.84. The largest absolute Gasteiger partial charge is 0.319 e. The van der Waals surface area contributed by atoms with E-state index in [9.17, 15) is 0 Å². The number of hydrogen-bond acceptors (Lipinski definition) is 1. The molecule has 90 valence electrons. The van der Waals surface area contributed by atoms with E-state index < -0.39 is 0 Å². The lowest BCUT2D eigenvalue weighted by molar-refractivity contribution is 0.140. The quantitative estimate of drug-likeness (QED) is 0.734. The van der Waals surface area contributed by atoms with Crippen molar-refractivity contribution >= 4 is 0 Å². The Morgan fingerprint density at radius 3 is 1.87 bits per heavy atom. The summed E-state index contributed by atoms with van der Waals surface area (Å²) in [4.78, 5) is 0. The van der Waals surface area contributed by atoms with Crippen LogP contribution in [0.25, 0.3) is 0 Å². The van der Waals surface area contributed by atoms with E-state index >= 15 is 0 Å². The molecule has 1 fully saturated rings. The van der Waals surface area contributed by atoms with Crippen molar-refractivity contribution in [2.75, 3.05) is 13.6 Å². The van der Waals surface area contributed by atoms with E-state index in [1.54, 1.807) is 0 Å². The van der Waals surface area contributed by atoms with E-state index in [-0.39, 0.29) is 0 Å². The highest BCUT2D eigenvalue weighted by Gasteiger charge is 2.31. The molecule has 1 N–H and O–H groups in total. The molecule has 1 aliphatic rings. The van der Waals surface area contributed by atoms with E-state index in [1.165, 1.54) is 32.2 Å². The highest BCUT2D eigenvalue weighted by atomic mass is 14.8. The van der Waals surface area contributed by atoms with Crippen LogP contribution in [0.5, 0.6) is 0 Å². The molecule has 15 heavy (non-hydrogen) atoms. The fourth-order valence-corrected chi connectivity index (χ4v) is 3.97. The van der Waals surface area contributed by atoms with Gasteiger partial charge in [0.25, 0.3) is 0 Å². The van der Waals surface area contributed by atoms with Crippen LogP contribution in [0, 0.1) is 23.2 Å². The van der Waals surface area contributed by atoms with Gasteiger partial charge in [-0.15, -0.1) is 0 Å². The monoisotopic (exact) mass is 211 g/mol. The summed E-state index contributed by atoms with van der Waals surface area (Å²) in [7, 11) is 2.09. The molecule has 1 saturated carbocycles. The summed E-state index contributed by atoms with van der Waals surface area (Å²) in [5.74, 6) is 2.71. The molecule has 1 rings (SSSR count). The van der Waals surface area contributed by atoms with Crippen LogP contribution in [-0.4, -0.2) is 13.6 Å². The summed E-state index contributed by atoms with van der Waals surface area (Å²) in [6.07, 6.45) is 5.62. The Labute approximate surface area is 96.0 Å². The van der Waals surface area contributed by atoms with Crippen LogP contribution < -0.4 is 5.32 Å². The Bertz CT molecular complexity index is 174. The van der Waals surface area contributed by atoms with Gasteiger partial charge in [-0.1, -0.05) is 27.7 Å². The second-order valence-corrected chi connectivity index (χ2v) is 6.54. The summed E-state index contributed by atoms with van der Waals surface area (Å²) >= 11 is 0. The zero-order valence-electron chi connectivity index (χ0n) is 11.3. The summed E-state index contributed by atoms with van der Waals surface area (Å²) in [6, 6.07) is 0. The minimum Gasteiger partial charge on any atom is -0.319 e. The number of rotatable bonds is 2. The predicted molar refractivity (Wildman–Crippen MR) is 68.0 cm³/mol. The molecule has 0 aromatic carbocycles. The molecule has 0 aromatic rings. The van der Waals surface area contributed by atoms with Crippen LogP contribution >= 0.6 is 0 Å². The van der Waals surface area contributed by atoms with Crippen molar-refractivity contribution < 1.29 is 0 Å². The van der Waals surface area contributed by atoms with Crippen molar-refractivity contribution in [2.24, 2.45) is 23.2 Å². The van der Waals surface area contributed by atoms with Gasteiger partial charge in [0.1, 0.15) is 0 Å². The van der Waals surface area contributed by atoms with E-state index in [2.05, 4.69) is 40.1 Å². The lowest BCUT2D eigenvalue weighted by Crippen LogP contribution is -2.35. The van der Waals surface area contributed by atoms with Crippen molar-refractivity contribution in [3.63, 3.8) is 0 Å². The molecule has 2 atom stereocenters. The fraction of sp³-hybridized carbons (Fsp3) is 1.00. The van der Waals surface area contributed by atoms with E-state index in [4.69, 9.17) is 0 Å². The average Bonchev–Trinajstić information content (AvgIpc) is 1.99. The summed E-state index contributed by atoms with van der Waals surface area (Å²) in [5.41, 5.74) is 0.522. The predicted octanol–water partition coefficient (Wildman–Crippen LogP) is 3.69. The summed E-state index contributed by atoms with van der Waals surface area (Å²) in [5, 5.41) is 3.38. The van der Waals surface area contributed by atoms with Crippen LogP contribution in [0.15, 0.2) is 0 Å². The lowest BCUT2D eigenvalue weighted by Gasteiger charge is -2.38. The molecule has 0 saturated heterocycles. The highest BCUT2D eigenvalue weighted by Crippen LogP contribution is 2.39. The van der Waals surface area contributed by atoms with Crippen molar-refractivity contribution in [1.29, 1.82) is 0 Å². The summed E-state index contributed by atoms with van der Waals surface area (Å²) in [6.45, 7) is 10.9. The third-order valence-corrected chi connectivity index (χ3v) is 3.90. The third-order valence-electron chi connectivity index (χ3n) is 3.90. The minimum atomic E-state index is 0.522. The molecule has 2 unspecified atom stereocenters. The van der Waals surface area contributed by atoms with Gasteiger partial charge in [-0.3, -0.25) is 0 Å². The Balaban J connectivity index is 2.65. The topological polar surface area (TPSA) is 12.0 Å². The molecule has 0 amide bonds. The lowest BCUT2D eigenvalue weighted by atomic mass is 9.69. The zero-order valence-corrected chi connectivity index (χ0v) is 11.3.